The number of phenols is 1. The quantitative estimate of drug-likeness (QED) is 0.441. The fraction of sp³-hybridized carbons (Fsp3) is 0.231. The highest BCUT2D eigenvalue weighted by Gasteiger charge is 2.30. The summed E-state index contributed by atoms with van der Waals surface area (Å²) >= 11 is 6.49. The second kappa shape index (κ2) is 8.55. The van der Waals surface area contributed by atoms with E-state index in [1.165, 1.54) is 21.3 Å². The van der Waals surface area contributed by atoms with Crippen LogP contribution in [0.15, 0.2) is 66.0 Å². The lowest BCUT2D eigenvalue weighted by atomic mass is 9.97. The van der Waals surface area contributed by atoms with Gasteiger partial charge in [-0.3, -0.25) is 9.55 Å². The molecule has 0 aliphatic carbocycles. The van der Waals surface area contributed by atoms with E-state index in [1.54, 1.807) is 50.0 Å². The van der Waals surface area contributed by atoms with Crippen LogP contribution in [0.2, 0.25) is 5.02 Å². The standard InChI is InChI=1S/C26H25ClFN5O2/c1-26(29)5-6-32(15-26)19-9-17(13-30-14-19)21-12-18(28)11-20(24(21)34)16-3-4-23(22(27)10-16)33-8-7-31(2)25(33)35/h3-4,7-14,34H,5-6,15,29H2,1-2H3. The van der Waals surface area contributed by atoms with Crippen LogP contribution < -0.4 is 16.3 Å². The highest BCUT2D eigenvalue weighted by Crippen LogP contribution is 2.41. The second-order valence-corrected chi connectivity index (χ2v) is 9.74. The Hall–Kier alpha value is -3.62. The van der Waals surface area contributed by atoms with Crippen molar-refractivity contribution < 1.29 is 9.50 Å². The number of hydrogen-bond donors (Lipinski definition) is 2. The third-order valence-electron chi connectivity index (χ3n) is 6.44. The second-order valence-electron chi connectivity index (χ2n) is 9.33. The van der Waals surface area contributed by atoms with Crippen molar-refractivity contribution in [1.82, 2.24) is 14.1 Å². The minimum atomic E-state index is -0.506. The molecule has 1 aliphatic rings. The number of nitrogens with two attached hydrogens (primary N) is 1. The van der Waals surface area contributed by atoms with Crippen LogP contribution in [0.5, 0.6) is 5.75 Å². The minimum absolute atomic E-state index is 0.0869. The number of nitrogens with zero attached hydrogens (tertiary/aromatic N) is 4. The van der Waals surface area contributed by atoms with Crippen LogP contribution in [0.1, 0.15) is 13.3 Å². The lowest BCUT2D eigenvalue weighted by Gasteiger charge is -2.22. The molecular formula is C26H25ClFN5O2. The van der Waals surface area contributed by atoms with E-state index >= 15 is 0 Å². The summed E-state index contributed by atoms with van der Waals surface area (Å²) in [6, 6.07) is 9.40. The first kappa shape index (κ1) is 23.1. The van der Waals surface area contributed by atoms with Crippen LogP contribution in [0.3, 0.4) is 0 Å². The summed E-state index contributed by atoms with van der Waals surface area (Å²) in [5.74, 6) is -0.593. The van der Waals surface area contributed by atoms with Crippen LogP contribution in [-0.4, -0.2) is 37.9 Å². The predicted molar refractivity (Wildman–Crippen MR) is 136 cm³/mol. The minimum Gasteiger partial charge on any atom is -0.507 e. The van der Waals surface area contributed by atoms with Crippen molar-refractivity contribution in [2.45, 2.75) is 18.9 Å². The van der Waals surface area contributed by atoms with Gasteiger partial charge in [0, 0.05) is 61.0 Å². The maximum Gasteiger partial charge on any atom is 0.332 e. The van der Waals surface area contributed by atoms with Crippen molar-refractivity contribution in [3.05, 3.63) is 82.5 Å². The average molecular weight is 494 g/mol. The van der Waals surface area contributed by atoms with E-state index in [4.69, 9.17) is 17.3 Å². The molecule has 0 radical (unpaired) electrons. The molecule has 7 nitrogen and oxygen atoms in total. The van der Waals surface area contributed by atoms with Crippen molar-refractivity contribution >= 4 is 17.3 Å². The third kappa shape index (κ3) is 4.31. The molecule has 2 aromatic carbocycles. The molecule has 1 fully saturated rings. The Balaban J connectivity index is 1.54. The number of rotatable bonds is 4. The topological polar surface area (TPSA) is 89.3 Å². The fourth-order valence-electron chi connectivity index (χ4n) is 4.51. The Bertz CT molecular complexity index is 1490. The molecule has 0 saturated carbocycles. The van der Waals surface area contributed by atoms with E-state index < -0.39 is 5.82 Å². The van der Waals surface area contributed by atoms with Gasteiger partial charge in [-0.1, -0.05) is 17.7 Å². The van der Waals surface area contributed by atoms with Gasteiger partial charge in [-0.15, -0.1) is 0 Å². The van der Waals surface area contributed by atoms with E-state index in [9.17, 15) is 14.3 Å². The molecule has 3 N–H and O–H groups in total. The first-order valence-electron chi connectivity index (χ1n) is 11.2. The smallest absolute Gasteiger partial charge is 0.332 e. The van der Waals surface area contributed by atoms with Gasteiger partial charge in [0.1, 0.15) is 11.6 Å². The molecule has 1 atom stereocenters. The Labute approximate surface area is 206 Å². The SMILES string of the molecule is Cn1ccn(-c2ccc(-c3cc(F)cc(-c4cncc(N5CCC(C)(N)C5)c4)c3O)cc2Cl)c1=O. The van der Waals surface area contributed by atoms with Gasteiger partial charge in [0.15, 0.2) is 0 Å². The number of aryl methyl sites for hydroxylation is 1. The van der Waals surface area contributed by atoms with E-state index in [0.717, 1.165) is 18.7 Å². The largest absolute Gasteiger partial charge is 0.507 e. The van der Waals surface area contributed by atoms with Crippen molar-refractivity contribution in [2.75, 3.05) is 18.0 Å². The molecule has 180 valence electrons. The molecule has 1 aliphatic heterocycles. The highest BCUT2D eigenvalue weighted by molar-refractivity contribution is 6.32. The summed E-state index contributed by atoms with van der Waals surface area (Å²) in [6.07, 6.45) is 7.45. The molecule has 2 aromatic heterocycles. The number of phenolic OH excluding ortho intramolecular Hbond substituents is 1. The summed E-state index contributed by atoms with van der Waals surface area (Å²) in [5, 5.41) is 11.4. The zero-order valence-corrected chi connectivity index (χ0v) is 20.1. The number of aromatic hydroxyl groups is 1. The first-order chi connectivity index (χ1) is 16.6. The Morgan fingerprint density at radius 2 is 1.86 bits per heavy atom. The van der Waals surface area contributed by atoms with Crippen LogP contribution in [-0.2, 0) is 7.05 Å². The molecular weight excluding hydrogens is 469 g/mol. The average Bonchev–Trinajstić information content (AvgIpc) is 3.36. The van der Waals surface area contributed by atoms with Crippen LogP contribution in [0, 0.1) is 5.82 Å². The zero-order valence-electron chi connectivity index (χ0n) is 19.4. The Morgan fingerprint density at radius 3 is 2.49 bits per heavy atom. The fourth-order valence-corrected chi connectivity index (χ4v) is 4.78. The molecule has 1 unspecified atom stereocenters. The summed E-state index contributed by atoms with van der Waals surface area (Å²) in [4.78, 5) is 18.8. The van der Waals surface area contributed by atoms with Gasteiger partial charge in [0.25, 0.3) is 0 Å². The van der Waals surface area contributed by atoms with Crippen molar-refractivity contribution in [3.8, 4) is 33.7 Å². The maximum absolute atomic E-state index is 14.7. The monoisotopic (exact) mass is 493 g/mol. The van der Waals surface area contributed by atoms with Gasteiger partial charge in [-0.25, -0.2) is 9.18 Å². The predicted octanol–water partition coefficient (Wildman–Crippen LogP) is 4.33. The number of aromatic nitrogens is 3. The molecule has 0 amide bonds. The van der Waals surface area contributed by atoms with E-state index in [2.05, 4.69) is 9.88 Å². The molecule has 0 spiro atoms. The number of benzene rings is 2. The number of imidazole rings is 1. The lowest BCUT2D eigenvalue weighted by Crippen LogP contribution is -2.39. The number of hydrogen-bond acceptors (Lipinski definition) is 5. The van der Waals surface area contributed by atoms with Gasteiger partial charge >= 0.3 is 5.69 Å². The Kier molecular flexibility index (Phi) is 5.65. The zero-order chi connectivity index (χ0) is 24.9. The highest BCUT2D eigenvalue weighted by atomic mass is 35.5. The summed E-state index contributed by atoms with van der Waals surface area (Å²) < 4.78 is 17.6. The molecule has 3 heterocycles. The number of anilines is 1. The number of pyridine rings is 1. The molecule has 1 saturated heterocycles. The summed E-state index contributed by atoms with van der Waals surface area (Å²) in [6.45, 7) is 3.50. The van der Waals surface area contributed by atoms with E-state index in [1.807, 2.05) is 13.0 Å². The van der Waals surface area contributed by atoms with Gasteiger partial charge < -0.3 is 20.3 Å². The molecule has 5 rings (SSSR count). The van der Waals surface area contributed by atoms with Crippen LogP contribution in [0.25, 0.3) is 27.9 Å². The summed E-state index contributed by atoms with van der Waals surface area (Å²) in [7, 11) is 1.65. The molecule has 9 heteroatoms. The third-order valence-corrected chi connectivity index (χ3v) is 6.75. The van der Waals surface area contributed by atoms with E-state index in [-0.39, 0.29) is 22.5 Å². The number of halogens is 2. The summed E-state index contributed by atoms with van der Waals surface area (Å²) in [5.41, 5.74) is 8.82. The normalized spacial score (nSPS) is 17.8. The lowest BCUT2D eigenvalue weighted by molar-refractivity contribution is 0.477. The van der Waals surface area contributed by atoms with Crippen molar-refractivity contribution in [1.29, 1.82) is 0 Å². The van der Waals surface area contributed by atoms with E-state index in [0.29, 0.717) is 33.9 Å². The van der Waals surface area contributed by atoms with Crippen molar-refractivity contribution in [2.24, 2.45) is 12.8 Å². The van der Waals surface area contributed by atoms with Gasteiger partial charge in [-0.05, 0) is 49.2 Å². The van der Waals surface area contributed by atoms with Crippen LogP contribution in [0.4, 0.5) is 10.1 Å². The van der Waals surface area contributed by atoms with Gasteiger partial charge in [-0.2, -0.15) is 0 Å². The van der Waals surface area contributed by atoms with Crippen LogP contribution >= 0.6 is 11.6 Å². The van der Waals surface area contributed by atoms with Gasteiger partial charge in [0.2, 0.25) is 0 Å². The van der Waals surface area contributed by atoms with Crippen molar-refractivity contribution in [3.63, 3.8) is 0 Å². The maximum atomic E-state index is 14.7. The van der Waals surface area contributed by atoms with Gasteiger partial charge in [0.05, 0.1) is 22.6 Å². The molecule has 4 aromatic rings. The first-order valence-corrected chi connectivity index (χ1v) is 11.6. The molecule has 35 heavy (non-hydrogen) atoms. The molecule has 0 bridgehead atoms. The Morgan fingerprint density at radius 1 is 1.11 bits per heavy atom.